The van der Waals surface area contributed by atoms with Crippen LogP contribution in [0.25, 0.3) is 10.9 Å². The molecule has 2 aromatic carbocycles. The number of amides is 2. The molecule has 0 bridgehead atoms. The van der Waals surface area contributed by atoms with Gasteiger partial charge in [-0.3, -0.25) is 9.59 Å². The number of methoxy groups -OCH3 is 1. The summed E-state index contributed by atoms with van der Waals surface area (Å²) in [5.41, 5.74) is 3.21. The number of para-hydroxylation sites is 1. The fraction of sp³-hybridized carbons (Fsp3) is 0.182. The molecule has 0 spiro atoms. The third-order valence-corrected chi connectivity index (χ3v) is 5.56. The lowest BCUT2D eigenvalue weighted by Gasteiger charge is -2.07. The van der Waals surface area contributed by atoms with Crippen LogP contribution in [0.4, 0.5) is 5.69 Å². The lowest BCUT2D eigenvalue weighted by Crippen LogP contribution is -2.25. The molecule has 0 fully saturated rings. The highest BCUT2D eigenvalue weighted by Crippen LogP contribution is 2.18. The van der Waals surface area contributed by atoms with E-state index in [9.17, 15) is 9.59 Å². The number of nitrogens with one attached hydrogen (secondary N) is 3. The minimum atomic E-state index is -0.378. The predicted octanol–water partition coefficient (Wildman–Crippen LogP) is 3.39. The standard InChI is InChI=1S/C22H21N5O3S/c1-30-13-19-26-27-22(31-19)21(29)25-16-6-4-5-14(11-16)20(28)23-10-9-15-12-24-18-8-3-2-7-17(15)18/h2-8,11-12,24H,9-10,13H2,1H3,(H,23,28)(H,25,29). The molecule has 3 N–H and O–H groups in total. The van der Waals surface area contributed by atoms with Gasteiger partial charge in [0, 0.05) is 42.0 Å². The van der Waals surface area contributed by atoms with Gasteiger partial charge >= 0.3 is 0 Å². The number of hydrogen-bond donors (Lipinski definition) is 3. The molecule has 158 valence electrons. The Morgan fingerprint density at radius 3 is 2.84 bits per heavy atom. The van der Waals surface area contributed by atoms with Crippen molar-refractivity contribution in [3.8, 4) is 0 Å². The van der Waals surface area contributed by atoms with Gasteiger partial charge < -0.3 is 20.4 Å². The topological polar surface area (TPSA) is 109 Å². The van der Waals surface area contributed by atoms with Crippen molar-refractivity contribution in [3.05, 3.63) is 75.9 Å². The van der Waals surface area contributed by atoms with Gasteiger partial charge in [0.2, 0.25) is 5.01 Å². The molecule has 8 nitrogen and oxygen atoms in total. The average Bonchev–Trinajstić information content (AvgIpc) is 3.42. The molecule has 0 saturated heterocycles. The van der Waals surface area contributed by atoms with Gasteiger partial charge in [0.1, 0.15) is 5.01 Å². The van der Waals surface area contributed by atoms with E-state index in [1.165, 1.54) is 0 Å². The van der Waals surface area contributed by atoms with Crippen LogP contribution in [0, 0.1) is 0 Å². The van der Waals surface area contributed by atoms with Gasteiger partial charge in [-0.25, -0.2) is 0 Å². The molecule has 0 aliphatic carbocycles. The van der Waals surface area contributed by atoms with Gasteiger partial charge in [-0.15, -0.1) is 10.2 Å². The first-order valence-corrected chi connectivity index (χ1v) is 10.5. The number of carbonyl (C=O) groups is 2. The molecule has 0 aliphatic heterocycles. The number of rotatable bonds is 8. The fourth-order valence-corrected chi connectivity index (χ4v) is 3.91. The molecule has 2 heterocycles. The van der Waals surface area contributed by atoms with Crippen LogP contribution in [0.5, 0.6) is 0 Å². The Hall–Kier alpha value is -3.56. The molecule has 0 saturated carbocycles. The second-order valence-electron chi connectivity index (χ2n) is 6.83. The Morgan fingerprint density at radius 1 is 1.10 bits per heavy atom. The molecular weight excluding hydrogens is 414 g/mol. The van der Waals surface area contributed by atoms with Gasteiger partial charge in [0.05, 0.1) is 6.61 Å². The first-order chi connectivity index (χ1) is 15.1. The van der Waals surface area contributed by atoms with E-state index in [0.29, 0.717) is 35.8 Å². The maximum Gasteiger partial charge on any atom is 0.286 e. The molecule has 9 heteroatoms. The summed E-state index contributed by atoms with van der Waals surface area (Å²) < 4.78 is 4.99. The van der Waals surface area contributed by atoms with Gasteiger partial charge in [-0.2, -0.15) is 0 Å². The first kappa shape index (κ1) is 20.7. The zero-order valence-corrected chi connectivity index (χ0v) is 17.7. The van der Waals surface area contributed by atoms with Gasteiger partial charge in [0.15, 0.2) is 0 Å². The number of nitrogens with zero attached hydrogens (tertiary/aromatic N) is 2. The van der Waals surface area contributed by atoms with Crippen molar-refractivity contribution in [2.75, 3.05) is 19.0 Å². The van der Waals surface area contributed by atoms with Crippen LogP contribution in [0.3, 0.4) is 0 Å². The monoisotopic (exact) mass is 435 g/mol. The van der Waals surface area contributed by atoms with Gasteiger partial charge in [-0.1, -0.05) is 35.6 Å². The zero-order valence-electron chi connectivity index (χ0n) is 16.8. The van der Waals surface area contributed by atoms with Crippen molar-refractivity contribution >= 4 is 39.7 Å². The maximum absolute atomic E-state index is 12.6. The van der Waals surface area contributed by atoms with Crippen molar-refractivity contribution in [3.63, 3.8) is 0 Å². The van der Waals surface area contributed by atoms with E-state index in [1.807, 2.05) is 24.4 Å². The normalized spacial score (nSPS) is 10.9. The Kier molecular flexibility index (Phi) is 6.34. The fourth-order valence-electron chi connectivity index (χ4n) is 3.20. The third kappa shape index (κ3) is 4.96. The molecule has 0 atom stereocenters. The molecular formula is C22H21N5O3S. The lowest BCUT2D eigenvalue weighted by atomic mass is 10.1. The zero-order chi connectivity index (χ0) is 21.6. The average molecular weight is 436 g/mol. The highest BCUT2D eigenvalue weighted by molar-refractivity contribution is 7.13. The largest absolute Gasteiger partial charge is 0.377 e. The van der Waals surface area contributed by atoms with E-state index in [-0.39, 0.29) is 16.8 Å². The number of anilines is 1. The van der Waals surface area contributed by atoms with Crippen LogP contribution in [0.1, 0.15) is 30.7 Å². The van der Waals surface area contributed by atoms with Crippen LogP contribution < -0.4 is 10.6 Å². The number of H-pyrrole nitrogens is 1. The summed E-state index contributed by atoms with van der Waals surface area (Å²) in [5.74, 6) is -0.578. The SMILES string of the molecule is COCc1nnc(C(=O)Nc2cccc(C(=O)NCCc3c[nH]c4ccccc34)c2)s1. The molecule has 0 aliphatic rings. The number of fused-ring (bicyclic) bond motifs is 1. The summed E-state index contributed by atoms with van der Waals surface area (Å²) in [4.78, 5) is 28.2. The van der Waals surface area contributed by atoms with E-state index in [1.54, 1.807) is 31.4 Å². The summed E-state index contributed by atoms with van der Waals surface area (Å²) in [6.45, 7) is 0.809. The third-order valence-electron chi connectivity index (χ3n) is 4.67. The molecule has 0 unspecified atom stereocenters. The maximum atomic E-state index is 12.6. The summed E-state index contributed by atoms with van der Waals surface area (Å²) >= 11 is 1.16. The van der Waals surface area contributed by atoms with Crippen molar-refractivity contribution in [1.82, 2.24) is 20.5 Å². The summed E-state index contributed by atoms with van der Waals surface area (Å²) in [6, 6.07) is 14.9. The highest BCUT2D eigenvalue weighted by Gasteiger charge is 2.14. The molecule has 2 aromatic heterocycles. The Bertz CT molecular complexity index is 1220. The van der Waals surface area contributed by atoms with Crippen molar-refractivity contribution < 1.29 is 14.3 Å². The number of ether oxygens (including phenoxy) is 1. The van der Waals surface area contributed by atoms with Crippen LogP contribution in [-0.2, 0) is 17.8 Å². The van der Waals surface area contributed by atoms with Crippen LogP contribution in [0.2, 0.25) is 0 Å². The van der Waals surface area contributed by atoms with E-state index < -0.39 is 0 Å². The Morgan fingerprint density at radius 2 is 1.97 bits per heavy atom. The second kappa shape index (κ2) is 9.50. The second-order valence-corrected chi connectivity index (χ2v) is 7.90. The number of hydrogen-bond acceptors (Lipinski definition) is 6. The smallest absolute Gasteiger partial charge is 0.286 e. The molecule has 4 rings (SSSR count). The van der Waals surface area contributed by atoms with Crippen LogP contribution in [0.15, 0.2) is 54.7 Å². The Labute approximate surface area is 182 Å². The number of aromatic amines is 1. The molecule has 2 amide bonds. The van der Waals surface area contributed by atoms with Crippen LogP contribution >= 0.6 is 11.3 Å². The van der Waals surface area contributed by atoms with E-state index >= 15 is 0 Å². The van der Waals surface area contributed by atoms with Crippen molar-refractivity contribution in [2.24, 2.45) is 0 Å². The van der Waals surface area contributed by atoms with E-state index in [2.05, 4.69) is 31.9 Å². The first-order valence-electron chi connectivity index (χ1n) is 9.70. The predicted molar refractivity (Wildman–Crippen MR) is 119 cm³/mol. The quantitative estimate of drug-likeness (QED) is 0.393. The van der Waals surface area contributed by atoms with Crippen LogP contribution in [-0.4, -0.2) is 40.7 Å². The minimum Gasteiger partial charge on any atom is -0.377 e. The summed E-state index contributed by atoms with van der Waals surface area (Å²) in [7, 11) is 1.55. The molecule has 31 heavy (non-hydrogen) atoms. The number of benzene rings is 2. The van der Waals surface area contributed by atoms with Crippen molar-refractivity contribution in [2.45, 2.75) is 13.0 Å². The number of carbonyl (C=O) groups excluding carboxylic acids is 2. The van der Waals surface area contributed by atoms with E-state index in [0.717, 1.165) is 27.8 Å². The summed E-state index contributed by atoms with van der Waals surface area (Å²) in [5, 5.41) is 15.5. The molecule has 0 radical (unpaired) electrons. The van der Waals surface area contributed by atoms with E-state index in [4.69, 9.17) is 4.74 Å². The van der Waals surface area contributed by atoms with Crippen molar-refractivity contribution in [1.29, 1.82) is 0 Å². The van der Waals surface area contributed by atoms with Gasteiger partial charge in [-0.05, 0) is 36.2 Å². The lowest BCUT2D eigenvalue weighted by molar-refractivity contribution is 0.0952. The highest BCUT2D eigenvalue weighted by atomic mass is 32.1. The summed E-state index contributed by atoms with van der Waals surface area (Å²) in [6.07, 6.45) is 2.69. The van der Waals surface area contributed by atoms with Gasteiger partial charge in [0.25, 0.3) is 11.8 Å². The Balaban J connectivity index is 1.34. The molecule has 4 aromatic rings. The number of aromatic nitrogens is 3. The minimum absolute atomic E-state index is 0.200.